The number of carboxylic acid groups (broad SMARTS) is 1. The summed E-state index contributed by atoms with van der Waals surface area (Å²) in [5.41, 5.74) is 5.35. The summed E-state index contributed by atoms with van der Waals surface area (Å²) in [5.74, 6) is -1.47. The Bertz CT molecular complexity index is 881. The number of hydrogen-bond donors (Lipinski definition) is 2. The van der Waals surface area contributed by atoms with Gasteiger partial charge in [0.15, 0.2) is 0 Å². The first-order chi connectivity index (χ1) is 12.9. The molecule has 9 nitrogen and oxygen atoms in total. The van der Waals surface area contributed by atoms with Crippen molar-refractivity contribution in [3.8, 4) is 0 Å². The lowest BCUT2D eigenvalue weighted by molar-refractivity contribution is 0.0974. The van der Waals surface area contributed by atoms with Crippen LogP contribution in [0.2, 0.25) is 0 Å². The first-order valence-electron chi connectivity index (χ1n) is 8.22. The molecule has 27 heavy (non-hydrogen) atoms. The maximum Gasteiger partial charge on any atom is 0.407 e. The molecule has 0 bridgehead atoms. The minimum atomic E-state index is -0.769. The molecule has 3 heterocycles. The molecule has 0 radical (unpaired) electrons. The van der Waals surface area contributed by atoms with Crippen molar-refractivity contribution in [2.75, 3.05) is 13.1 Å². The van der Waals surface area contributed by atoms with E-state index in [0.29, 0.717) is 0 Å². The van der Waals surface area contributed by atoms with Crippen LogP contribution in [0.4, 0.5) is 4.79 Å². The lowest BCUT2D eigenvalue weighted by Gasteiger charge is -2.22. The van der Waals surface area contributed by atoms with Crippen LogP contribution in [0.1, 0.15) is 60.4 Å². The van der Waals surface area contributed by atoms with Crippen LogP contribution in [0.25, 0.3) is 0 Å². The van der Waals surface area contributed by atoms with E-state index < -0.39 is 23.6 Å². The van der Waals surface area contributed by atoms with Crippen molar-refractivity contribution in [1.29, 1.82) is 0 Å². The van der Waals surface area contributed by atoms with E-state index in [1.54, 1.807) is 0 Å². The molecule has 3 N–H and O–H groups in total. The van der Waals surface area contributed by atoms with Gasteiger partial charge >= 0.3 is 6.09 Å². The second-order valence-electron chi connectivity index (χ2n) is 5.96. The normalized spacial score (nSPS) is 15.3. The number of piperidine rings is 1. The lowest BCUT2D eigenvalue weighted by atomic mass is 9.96. The number of likely N-dealkylation sites (tertiary alicyclic amines) is 1. The number of hydrogen-bond acceptors (Lipinski definition) is 7. The largest absolute Gasteiger partial charge is 0.465 e. The number of aromatic nitrogens is 2. The van der Waals surface area contributed by atoms with E-state index in [9.17, 15) is 19.2 Å². The number of fused-ring (bicyclic) bond motifs is 2. The highest BCUT2D eigenvalue weighted by Crippen LogP contribution is 2.31. The fourth-order valence-electron chi connectivity index (χ4n) is 2.84. The second-order valence-corrected chi connectivity index (χ2v) is 7.01. The Hall–Kier alpha value is -3.14. The van der Waals surface area contributed by atoms with Crippen LogP contribution in [0.3, 0.4) is 0 Å². The Labute approximate surface area is 157 Å². The van der Waals surface area contributed by atoms with Gasteiger partial charge in [-0.25, -0.2) is 14.8 Å². The molecule has 2 aromatic heterocycles. The SMILES string of the molecule is NC(=O)c1cc2c(s1)C(=O)c1nccnc1C2=O.O=C(O)N1CCCCC1. The van der Waals surface area contributed by atoms with Crippen molar-refractivity contribution >= 4 is 34.9 Å². The highest BCUT2D eigenvalue weighted by Gasteiger charge is 2.34. The van der Waals surface area contributed by atoms with Gasteiger partial charge in [-0.05, 0) is 25.3 Å². The molecule has 1 saturated heterocycles. The highest BCUT2D eigenvalue weighted by molar-refractivity contribution is 7.16. The Morgan fingerprint density at radius 2 is 1.63 bits per heavy atom. The number of carbonyl (C=O) groups is 4. The quantitative estimate of drug-likeness (QED) is 0.644. The summed E-state index contributed by atoms with van der Waals surface area (Å²) in [6.07, 6.45) is 5.17. The summed E-state index contributed by atoms with van der Waals surface area (Å²) in [6, 6.07) is 1.33. The zero-order valence-electron chi connectivity index (χ0n) is 14.2. The third kappa shape index (κ3) is 3.70. The van der Waals surface area contributed by atoms with Crippen molar-refractivity contribution in [1.82, 2.24) is 14.9 Å². The first kappa shape index (κ1) is 18.6. The van der Waals surface area contributed by atoms with Gasteiger partial charge < -0.3 is 15.7 Å². The molecular formula is C17H16N4O5S. The topological polar surface area (TPSA) is 144 Å². The maximum atomic E-state index is 12.1. The van der Waals surface area contributed by atoms with E-state index in [1.165, 1.54) is 29.8 Å². The van der Waals surface area contributed by atoms with Crippen LogP contribution in [-0.4, -0.2) is 56.6 Å². The number of carbonyl (C=O) groups excluding carboxylic acids is 3. The summed E-state index contributed by atoms with van der Waals surface area (Å²) >= 11 is 0.906. The summed E-state index contributed by atoms with van der Waals surface area (Å²) in [5, 5.41) is 8.46. The van der Waals surface area contributed by atoms with Gasteiger partial charge in [0, 0.05) is 31.0 Å². The van der Waals surface area contributed by atoms with Gasteiger partial charge in [0.1, 0.15) is 11.4 Å². The fourth-order valence-corrected chi connectivity index (χ4v) is 3.79. The minimum Gasteiger partial charge on any atom is -0.465 e. The Morgan fingerprint density at radius 3 is 2.15 bits per heavy atom. The number of rotatable bonds is 1. The molecule has 0 unspecified atom stereocenters. The van der Waals surface area contributed by atoms with Gasteiger partial charge in [-0.2, -0.15) is 0 Å². The molecule has 4 rings (SSSR count). The van der Waals surface area contributed by atoms with Gasteiger partial charge in [0.2, 0.25) is 11.6 Å². The number of primary amides is 1. The number of ketones is 2. The van der Waals surface area contributed by atoms with Gasteiger partial charge in [0.05, 0.1) is 9.75 Å². The third-order valence-corrected chi connectivity index (χ3v) is 5.33. The average Bonchev–Trinajstić information content (AvgIpc) is 3.14. The molecular weight excluding hydrogens is 372 g/mol. The molecule has 2 aromatic rings. The van der Waals surface area contributed by atoms with Crippen LogP contribution in [-0.2, 0) is 0 Å². The van der Waals surface area contributed by atoms with E-state index in [2.05, 4.69) is 9.97 Å². The summed E-state index contributed by atoms with van der Waals surface area (Å²) in [4.78, 5) is 55.1. The minimum absolute atomic E-state index is 0.0174. The zero-order valence-corrected chi connectivity index (χ0v) is 15.0. The molecule has 1 fully saturated rings. The number of nitrogens with zero attached hydrogens (tertiary/aromatic N) is 3. The van der Waals surface area contributed by atoms with Crippen molar-refractivity contribution < 1.29 is 24.3 Å². The van der Waals surface area contributed by atoms with Gasteiger partial charge in [-0.15, -0.1) is 11.3 Å². The van der Waals surface area contributed by atoms with E-state index in [0.717, 1.165) is 37.3 Å². The van der Waals surface area contributed by atoms with Crippen molar-refractivity contribution in [2.24, 2.45) is 5.73 Å². The number of nitrogens with two attached hydrogens (primary N) is 1. The zero-order chi connectivity index (χ0) is 19.6. The second kappa shape index (κ2) is 7.62. The van der Waals surface area contributed by atoms with Crippen LogP contribution < -0.4 is 5.73 Å². The third-order valence-electron chi connectivity index (χ3n) is 4.18. The van der Waals surface area contributed by atoms with Crippen molar-refractivity contribution in [2.45, 2.75) is 19.3 Å². The Balaban J connectivity index is 0.000000197. The van der Waals surface area contributed by atoms with Gasteiger partial charge in [-0.3, -0.25) is 14.4 Å². The molecule has 1 aliphatic carbocycles. The van der Waals surface area contributed by atoms with E-state index in [1.807, 2.05) is 0 Å². The lowest BCUT2D eigenvalue weighted by Crippen LogP contribution is -2.34. The molecule has 0 aromatic carbocycles. The highest BCUT2D eigenvalue weighted by atomic mass is 32.1. The molecule has 10 heteroatoms. The Morgan fingerprint density at radius 1 is 1.04 bits per heavy atom. The van der Waals surface area contributed by atoms with E-state index in [4.69, 9.17) is 10.8 Å². The first-order valence-corrected chi connectivity index (χ1v) is 9.03. The standard InChI is InChI=1S/C11H5N3O3S.C6H11NO2/c12-11(17)5-3-4-8(15)6-7(14-2-1-13-6)9(16)10(4)18-5;8-6(9)7-4-2-1-3-5-7/h1-3H,(H2,12,17);1-5H2,(H,8,9). The average molecular weight is 388 g/mol. The summed E-state index contributed by atoms with van der Waals surface area (Å²) in [7, 11) is 0. The molecule has 0 saturated carbocycles. The van der Waals surface area contributed by atoms with Crippen LogP contribution in [0.15, 0.2) is 18.5 Å². The fraction of sp³-hybridized carbons (Fsp3) is 0.294. The van der Waals surface area contributed by atoms with Gasteiger partial charge in [0.25, 0.3) is 5.91 Å². The van der Waals surface area contributed by atoms with Crippen LogP contribution in [0.5, 0.6) is 0 Å². The molecule has 0 spiro atoms. The van der Waals surface area contributed by atoms with Crippen LogP contribution in [0, 0.1) is 0 Å². The van der Waals surface area contributed by atoms with Gasteiger partial charge in [-0.1, -0.05) is 0 Å². The molecule has 140 valence electrons. The summed E-state index contributed by atoms with van der Waals surface area (Å²) < 4.78 is 0. The summed E-state index contributed by atoms with van der Waals surface area (Å²) in [6.45, 7) is 1.46. The predicted molar refractivity (Wildman–Crippen MR) is 95.2 cm³/mol. The molecule has 2 aliphatic rings. The van der Waals surface area contributed by atoms with Crippen LogP contribution >= 0.6 is 11.3 Å². The smallest absolute Gasteiger partial charge is 0.407 e. The Kier molecular flexibility index (Phi) is 5.26. The van der Waals surface area contributed by atoms with E-state index >= 15 is 0 Å². The predicted octanol–water partition coefficient (Wildman–Crippen LogP) is 1.56. The number of amides is 2. The van der Waals surface area contributed by atoms with Crippen molar-refractivity contribution in [3.05, 3.63) is 45.2 Å². The maximum absolute atomic E-state index is 12.1. The van der Waals surface area contributed by atoms with Crippen molar-refractivity contribution in [3.63, 3.8) is 0 Å². The molecule has 0 atom stereocenters. The van der Waals surface area contributed by atoms with E-state index in [-0.39, 0.29) is 26.7 Å². The monoisotopic (exact) mass is 388 g/mol. The molecule has 2 amide bonds. The molecule has 1 aliphatic heterocycles. The number of thiophene rings is 1.